The average molecular weight is 323 g/mol. The predicted octanol–water partition coefficient (Wildman–Crippen LogP) is 3.85. The standard InChI is InChI=1S/C21H25NO2/c1-15(2)20-19(17-12-8-5-9-13-17)22(3)18(21(23)24-20)14-16-10-6-4-7-11-16/h4-13,15,18-20H,14H2,1-3H3/t18-,19+,20-/m0/s1. The molecule has 1 saturated heterocycles. The highest BCUT2D eigenvalue weighted by Gasteiger charge is 2.43. The van der Waals surface area contributed by atoms with Crippen LogP contribution in [0.15, 0.2) is 60.7 Å². The largest absolute Gasteiger partial charge is 0.459 e. The molecule has 0 amide bonds. The number of cyclic esters (lactones) is 1. The minimum Gasteiger partial charge on any atom is -0.459 e. The van der Waals surface area contributed by atoms with E-state index in [1.807, 2.05) is 43.4 Å². The minimum atomic E-state index is -0.257. The number of ether oxygens (including phenoxy) is 1. The summed E-state index contributed by atoms with van der Waals surface area (Å²) in [5, 5.41) is 0. The molecule has 2 aromatic rings. The van der Waals surface area contributed by atoms with Crippen LogP contribution in [0.2, 0.25) is 0 Å². The molecule has 1 aliphatic rings. The lowest BCUT2D eigenvalue weighted by Gasteiger charge is -2.45. The second-order valence-corrected chi connectivity index (χ2v) is 6.87. The zero-order chi connectivity index (χ0) is 17.1. The van der Waals surface area contributed by atoms with E-state index in [0.717, 1.165) is 5.56 Å². The number of hydrogen-bond acceptors (Lipinski definition) is 3. The van der Waals surface area contributed by atoms with Gasteiger partial charge in [-0.3, -0.25) is 9.69 Å². The third-order valence-corrected chi connectivity index (χ3v) is 4.84. The second-order valence-electron chi connectivity index (χ2n) is 6.87. The molecule has 3 atom stereocenters. The molecule has 0 aromatic heterocycles. The number of carbonyl (C=O) groups is 1. The van der Waals surface area contributed by atoms with Gasteiger partial charge in [-0.1, -0.05) is 74.5 Å². The first-order valence-electron chi connectivity index (χ1n) is 8.59. The molecule has 24 heavy (non-hydrogen) atoms. The summed E-state index contributed by atoms with van der Waals surface area (Å²) >= 11 is 0. The first kappa shape index (κ1) is 16.7. The molecule has 1 fully saturated rings. The first-order chi connectivity index (χ1) is 11.6. The molecule has 3 rings (SSSR count). The van der Waals surface area contributed by atoms with Crippen molar-refractivity contribution in [2.75, 3.05) is 7.05 Å². The SMILES string of the molecule is CC(C)[C@@H]1OC(=O)[C@H](Cc2ccccc2)N(C)[C@@H]1c1ccccc1. The Balaban J connectivity index is 1.91. The van der Waals surface area contributed by atoms with Crippen LogP contribution in [0.4, 0.5) is 0 Å². The maximum absolute atomic E-state index is 12.6. The monoisotopic (exact) mass is 323 g/mol. The van der Waals surface area contributed by atoms with Crippen molar-refractivity contribution >= 4 is 5.97 Å². The van der Waals surface area contributed by atoms with Gasteiger partial charge >= 0.3 is 5.97 Å². The maximum Gasteiger partial charge on any atom is 0.324 e. The van der Waals surface area contributed by atoms with Crippen molar-refractivity contribution in [2.24, 2.45) is 5.92 Å². The number of likely N-dealkylation sites (N-methyl/N-ethyl adjacent to an activating group) is 1. The Labute approximate surface area is 144 Å². The fraction of sp³-hybridized carbons (Fsp3) is 0.381. The highest BCUT2D eigenvalue weighted by atomic mass is 16.6. The van der Waals surface area contributed by atoms with Crippen LogP contribution < -0.4 is 0 Å². The molecule has 126 valence electrons. The quantitative estimate of drug-likeness (QED) is 0.800. The Morgan fingerprint density at radius 2 is 1.58 bits per heavy atom. The van der Waals surface area contributed by atoms with Gasteiger partial charge in [0.05, 0.1) is 6.04 Å². The van der Waals surface area contributed by atoms with Crippen molar-refractivity contribution in [1.82, 2.24) is 4.90 Å². The zero-order valence-electron chi connectivity index (χ0n) is 14.6. The van der Waals surface area contributed by atoms with Crippen LogP contribution in [0, 0.1) is 5.92 Å². The summed E-state index contributed by atoms with van der Waals surface area (Å²) in [4.78, 5) is 14.8. The Bertz CT molecular complexity index is 669. The lowest BCUT2D eigenvalue weighted by molar-refractivity contribution is -0.177. The fourth-order valence-corrected chi connectivity index (χ4v) is 3.51. The van der Waals surface area contributed by atoms with Crippen LogP contribution in [0.1, 0.15) is 31.0 Å². The lowest BCUT2D eigenvalue weighted by Crippen LogP contribution is -2.55. The second kappa shape index (κ2) is 7.18. The lowest BCUT2D eigenvalue weighted by atomic mass is 9.88. The molecule has 3 nitrogen and oxygen atoms in total. The van der Waals surface area contributed by atoms with Crippen LogP contribution >= 0.6 is 0 Å². The molecule has 3 heteroatoms. The summed E-state index contributed by atoms with van der Waals surface area (Å²) in [6.07, 6.45) is 0.543. The summed E-state index contributed by atoms with van der Waals surface area (Å²) < 4.78 is 5.89. The number of carbonyl (C=O) groups excluding carboxylic acids is 1. The highest BCUT2D eigenvalue weighted by Crippen LogP contribution is 2.36. The number of nitrogens with zero attached hydrogens (tertiary/aromatic N) is 1. The molecule has 0 radical (unpaired) electrons. The van der Waals surface area contributed by atoms with Gasteiger partial charge < -0.3 is 4.74 Å². The number of hydrogen-bond donors (Lipinski definition) is 0. The summed E-state index contributed by atoms with van der Waals surface area (Å²) in [6, 6.07) is 20.3. The van der Waals surface area contributed by atoms with Crippen molar-refractivity contribution in [2.45, 2.75) is 38.5 Å². The van der Waals surface area contributed by atoms with Gasteiger partial charge in [0.2, 0.25) is 0 Å². The van der Waals surface area contributed by atoms with Gasteiger partial charge in [0.25, 0.3) is 0 Å². The molecule has 1 aliphatic heterocycles. The number of morpholine rings is 1. The van der Waals surface area contributed by atoms with Crippen LogP contribution in [0.3, 0.4) is 0 Å². The molecule has 0 N–H and O–H groups in total. The fourth-order valence-electron chi connectivity index (χ4n) is 3.51. The summed E-state index contributed by atoms with van der Waals surface area (Å²) in [5.74, 6) is 0.145. The molecule has 0 aliphatic carbocycles. The van der Waals surface area contributed by atoms with Crippen molar-refractivity contribution < 1.29 is 9.53 Å². The van der Waals surface area contributed by atoms with Crippen LogP contribution in [-0.2, 0) is 16.0 Å². The molecule has 0 saturated carbocycles. The van der Waals surface area contributed by atoms with Gasteiger partial charge in [0.15, 0.2) is 0 Å². The van der Waals surface area contributed by atoms with Gasteiger partial charge in [-0.25, -0.2) is 0 Å². The predicted molar refractivity (Wildman–Crippen MR) is 95.6 cm³/mol. The maximum atomic E-state index is 12.6. The van der Waals surface area contributed by atoms with E-state index < -0.39 is 0 Å². The molecular weight excluding hydrogens is 298 g/mol. The third-order valence-electron chi connectivity index (χ3n) is 4.84. The first-order valence-corrected chi connectivity index (χ1v) is 8.59. The number of esters is 1. The van der Waals surface area contributed by atoms with E-state index in [9.17, 15) is 4.79 Å². The number of benzene rings is 2. The zero-order valence-corrected chi connectivity index (χ0v) is 14.6. The molecule has 0 bridgehead atoms. The molecule has 0 spiro atoms. The van der Waals surface area contributed by atoms with Crippen molar-refractivity contribution in [3.05, 3.63) is 71.8 Å². The molecule has 1 heterocycles. The van der Waals surface area contributed by atoms with Crippen LogP contribution in [0.5, 0.6) is 0 Å². The summed E-state index contributed by atoms with van der Waals surface area (Å²) in [5.41, 5.74) is 2.35. The van der Waals surface area contributed by atoms with Crippen molar-refractivity contribution in [3.63, 3.8) is 0 Å². The van der Waals surface area contributed by atoms with Gasteiger partial charge in [-0.2, -0.15) is 0 Å². The minimum absolute atomic E-state index is 0.0811. The van der Waals surface area contributed by atoms with E-state index in [0.29, 0.717) is 6.42 Å². The Morgan fingerprint density at radius 1 is 1.00 bits per heavy atom. The molecule has 2 aromatic carbocycles. The number of rotatable bonds is 4. The third kappa shape index (κ3) is 3.36. The highest BCUT2D eigenvalue weighted by molar-refractivity contribution is 5.77. The summed E-state index contributed by atoms with van der Waals surface area (Å²) in [6.45, 7) is 4.22. The van der Waals surface area contributed by atoms with E-state index in [1.54, 1.807) is 0 Å². The van der Waals surface area contributed by atoms with Crippen molar-refractivity contribution in [1.29, 1.82) is 0 Å². The van der Waals surface area contributed by atoms with Gasteiger partial charge in [0.1, 0.15) is 12.1 Å². The van der Waals surface area contributed by atoms with Crippen LogP contribution in [-0.4, -0.2) is 30.1 Å². The normalized spacial score (nSPS) is 24.8. The van der Waals surface area contributed by atoms with Crippen LogP contribution in [0.25, 0.3) is 0 Å². The summed E-state index contributed by atoms with van der Waals surface area (Å²) in [7, 11) is 2.04. The van der Waals surface area contributed by atoms with E-state index in [2.05, 4.69) is 43.0 Å². The molecular formula is C21H25NO2. The Hall–Kier alpha value is -2.13. The Morgan fingerprint density at radius 3 is 2.17 bits per heavy atom. The van der Waals surface area contributed by atoms with E-state index in [4.69, 9.17) is 4.74 Å². The van der Waals surface area contributed by atoms with Gasteiger partial charge in [-0.05, 0) is 30.5 Å². The average Bonchev–Trinajstić information content (AvgIpc) is 2.59. The Kier molecular flexibility index (Phi) is 5.00. The topological polar surface area (TPSA) is 29.5 Å². The van der Waals surface area contributed by atoms with Crippen molar-refractivity contribution in [3.8, 4) is 0 Å². The van der Waals surface area contributed by atoms with Gasteiger partial charge in [-0.15, -0.1) is 0 Å². The van der Waals surface area contributed by atoms with Gasteiger partial charge in [0, 0.05) is 0 Å². The van der Waals surface area contributed by atoms with E-state index >= 15 is 0 Å². The molecule has 0 unspecified atom stereocenters. The van der Waals surface area contributed by atoms with E-state index in [1.165, 1.54) is 5.56 Å². The smallest absolute Gasteiger partial charge is 0.324 e. The van der Waals surface area contributed by atoms with E-state index in [-0.39, 0.29) is 30.1 Å².